The van der Waals surface area contributed by atoms with E-state index in [0.29, 0.717) is 6.54 Å². The number of carbonyl (C=O) groups is 1. The Hall–Kier alpha value is -0.780. The van der Waals surface area contributed by atoms with Crippen molar-refractivity contribution in [1.29, 1.82) is 0 Å². The molecule has 1 aromatic rings. The molecule has 0 aromatic heterocycles. The molecule has 0 aliphatic heterocycles. The van der Waals surface area contributed by atoms with Gasteiger partial charge in [0.05, 0.1) is 10.6 Å². The van der Waals surface area contributed by atoms with Gasteiger partial charge in [-0.3, -0.25) is 4.79 Å². The normalized spacial score (nSPS) is 10.4. The van der Waals surface area contributed by atoms with Crippen molar-refractivity contribution in [3.63, 3.8) is 0 Å². The van der Waals surface area contributed by atoms with E-state index in [9.17, 15) is 9.18 Å². The number of aliphatic hydroxyl groups is 1. The van der Waals surface area contributed by atoms with E-state index in [4.69, 9.17) is 16.7 Å². The van der Waals surface area contributed by atoms with E-state index in [1.54, 1.807) is 11.8 Å². The number of aliphatic hydroxyl groups excluding tert-OH is 1. The molecule has 0 aliphatic carbocycles. The molecule has 18 heavy (non-hydrogen) atoms. The smallest absolute Gasteiger partial charge is 0.252 e. The number of halogens is 2. The van der Waals surface area contributed by atoms with E-state index >= 15 is 0 Å². The van der Waals surface area contributed by atoms with Crippen LogP contribution >= 0.6 is 23.4 Å². The minimum absolute atomic E-state index is 0.150. The summed E-state index contributed by atoms with van der Waals surface area (Å²) in [4.78, 5) is 11.7. The maximum absolute atomic E-state index is 13.1. The van der Waals surface area contributed by atoms with Crippen LogP contribution in [0.3, 0.4) is 0 Å². The predicted octanol–water partition coefficient (Wildman–Crippen LogP) is 2.32. The first-order valence-electron chi connectivity index (χ1n) is 5.57. The molecule has 3 nitrogen and oxygen atoms in total. The highest BCUT2D eigenvalue weighted by Gasteiger charge is 2.12. The fourth-order valence-electron chi connectivity index (χ4n) is 1.28. The molecule has 0 fully saturated rings. The van der Waals surface area contributed by atoms with E-state index in [1.807, 2.05) is 0 Å². The summed E-state index contributed by atoms with van der Waals surface area (Å²) in [6.45, 7) is 0.667. The third kappa shape index (κ3) is 4.84. The second-order valence-corrected chi connectivity index (χ2v) is 5.15. The van der Waals surface area contributed by atoms with Gasteiger partial charge in [-0.15, -0.1) is 0 Å². The van der Waals surface area contributed by atoms with Gasteiger partial charge < -0.3 is 10.4 Å². The molecule has 2 N–H and O–H groups in total. The fraction of sp³-hybridized carbons (Fsp3) is 0.417. The molecule has 1 aromatic carbocycles. The topological polar surface area (TPSA) is 49.3 Å². The molecule has 0 saturated heterocycles. The summed E-state index contributed by atoms with van der Waals surface area (Å²) >= 11 is 7.34. The molecule has 0 heterocycles. The van der Waals surface area contributed by atoms with E-state index in [2.05, 4.69) is 5.32 Å². The highest BCUT2D eigenvalue weighted by Crippen LogP contribution is 2.19. The maximum atomic E-state index is 13.1. The number of thioether (sulfide) groups is 1. The standard InChI is InChI=1S/C12H15ClFNO2S/c13-11-9(3-1-4-10(11)14)12(17)15-5-8-18-7-2-6-16/h1,3-4,16H,2,5-8H2,(H,15,17). The lowest BCUT2D eigenvalue weighted by Crippen LogP contribution is -2.26. The molecule has 0 radical (unpaired) electrons. The molecule has 6 heteroatoms. The summed E-state index contributed by atoms with van der Waals surface area (Å²) in [5.41, 5.74) is 0.150. The van der Waals surface area contributed by atoms with Gasteiger partial charge in [0, 0.05) is 18.9 Å². The molecule has 1 rings (SSSR count). The summed E-state index contributed by atoms with van der Waals surface area (Å²) in [5, 5.41) is 11.1. The Morgan fingerprint density at radius 1 is 1.44 bits per heavy atom. The van der Waals surface area contributed by atoms with Gasteiger partial charge in [0.15, 0.2) is 0 Å². The average Bonchev–Trinajstić information content (AvgIpc) is 2.36. The van der Waals surface area contributed by atoms with Crippen LogP contribution in [0.25, 0.3) is 0 Å². The quantitative estimate of drug-likeness (QED) is 0.758. The summed E-state index contributed by atoms with van der Waals surface area (Å²) in [6, 6.07) is 4.15. The summed E-state index contributed by atoms with van der Waals surface area (Å²) in [7, 11) is 0. The van der Waals surface area contributed by atoms with Crippen molar-refractivity contribution in [3.8, 4) is 0 Å². The minimum Gasteiger partial charge on any atom is -0.396 e. The zero-order chi connectivity index (χ0) is 13.4. The van der Waals surface area contributed by atoms with Crippen molar-refractivity contribution >= 4 is 29.3 Å². The van der Waals surface area contributed by atoms with Crippen molar-refractivity contribution in [2.75, 3.05) is 24.7 Å². The number of amides is 1. The van der Waals surface area contributed by atoms with Gasteiger partial charge in [-0.05, 0) is 24.3 Å². The van der Waals surface area contributed by atoms with E-state index in [0.717, 1.165) is 17.9 Å². The van der Waals surface area contributed by atoms with Gasteiger partial charge in [0.1, 0.15) is 5.82 Å². The first-order chi connectivity index (χ1) is 8.66. The lowest BCUT2D eigenvalue weighted by molar-refractivity contribution is 0.0956. The number of hydrogen-bond acceptors (Lipinski definition) is 3. The van der Waals surface area contributed by atoms with Crippen molar-refractivity contribution in [2.45, 2.75) is 6.42 Å². The van der Waals surface area contributed by atoms with Crippen LogP contribution in [0.5, 0.6) is 0 Å². The molecular weight excluding hydrogens is 277 g/mol. The van der Waals surface area contributed by atoms with E-state index in [-0.39, 0.29) is 23.1 Å². The first-order valence-corrected chi connectivity index (χ1v) is 7.11. The Balaban J connectivity index is 2.35. The average molecular weight is 292 g/mol. The molecular formula is C12H15ClFNO2S. The van der Waals surface area contributed by atoms with Crippen molar-refractivity contribution in [3.05, 3.63) is 34.6 Å². The molecule has 100 valence electrons. The van der Waals surface area contributed by atoms with Gasteiger partial charge in [-0.2, -0.15) is 11.8 Å². The van der Waals surface area contributed by atoms with Crippen molar-refractivity contribution in [1.82, 2.24) is 5.32 Å². The SMILES string of the molecule is O=C(NCCSCCCO)c1cccc(F)c1Cl. The van der Waals surface area contributed by atoms with Crippen molar-refractivity contribution in [2.24, 2.45) is 0 Å². The third-order valence-electron chi connectivity index (χ3n) is 2.17. The van der Waals surface area contributed by atoms with Crippen LogP contribution in [0.1, 0.15) is 16.8 Å². The monoisotopic (exact) mass is 291 g/mol. The Morgan fingerprint density at radius 2 is 2.22 bits per heavy atom. The Bertz CT molecular complexity index is 404. The second-order valence-electron chi connectivity index (χ2n) is 3.55. The molecule has 0 bridgehead atoms. The summed E-state index contributed by atoms with van der Waals surface area (Å²) < 4.78 is 13.1. The lowest BCUT2D eigenvalue weighted by Gasteiger charge is -2.06. The Morgan fingerprint density at radius 3 is 2.94 bits per heavy atom. The zero-order valence-electron chi connectivity index (χ0n) is 9.79. The number of hydrogen-bond donors (Lipinski definition) is 2. The van der Waals surface area contributed by atoms with E-state index in [1.165, 1.54) is 18.2 Å². The van der Waals surface area contributed by atoms with Crippen LogP contribution in [0.4, 0.5) is 4.39 Å². The van der Waals surface area contributed by atoms with Gasteiger partial charge in [0.2, 0.25) is 0 Å². The van der Waals surface area contributed by atoms with Gasteiger partial charge >= 0.3 is 0 Å². The molecule has 1 amide bonds. The number of nitrogens with one attached hydrogen (secondary N) is 1. The first kappa shape index (κ1) is 15.3. The lowest BCUT2D eigenvalue weighted by atomic mass is 10.2. The Kier molecular flexibility index (Phi) is 7.08. The molecule has 0 aliphatic rings. The Labute approximate surface area is 115 Å². The summed E-state index contributed by atoms with van der Waals surface area (Å²) in [5.74, 6) is 0.634. The molecule has 0 atom stereocenters. The zero-order valence-corrected chi connectivity index (χ0v) is 11.4. The second kappa shape index (κ2) is 8.34. The van der Waals surface area contributed by atoms with E-state index < -0.39 is 5.82 Å². The highest BCUT2D eigenvalue weighted by atomic mass is 35.5. The largest absolute Gasteiger partial charge is 0.396 e. The molecule has 0 spiro atoms. The van der Waals surface area contributed by atoms with Gasteiger partial charge in [-0.1, -0.05) is 17.7 Å². The van der Waals surface area contributed by atoms with Crippen LogP contribution in [0.15, 0.2) is 18.2 Å². The maximum Gasteiger partial charge on any atom is 0.252 e. The van der Waals surface area contributed by atoms with Crippen LogP contribution in [-0.4, -0.2) is 35.7 Å². The van der Waals surface area contributed by atoms with Gasteiger partial charge in [0.25, 0.3) is 5.91 Å². The predicted molar refractivity (Wildman–Crippen MR) is 72.8 cm³/mol. The fourth-order valence-corrected chi connectivity index (χ4v) is 2.28. The summed E-state index contributed by atoms with van der Waals surface area (Å²) in [6.07, 6.45) is 0.744. The minimum atomic E-state index is -0.596. The van der Waals surface area contributed by atoms with Gasteiger partial charge in [-0.25, -0.2) is 4.39 Å². The molecule has 0 saturated carbocycles. The van der Waals surface area contributed by atoms with Crippen LogP contribution in [0, 0.1) is 5.82 Å². The number of benzene rings is 1. The number of rotatable bonds is 7. The number of carbonyl (C=O) groups excluding carboxylic acids is 1. The van der Waals surface area contributed by atoms with Crippen molar-refractivity contribution < 1.29 is 14.3 Å². The highest BCUT2D eigenvalue weighted by molar-refractivity contribution is 7.99. The van der Waals surface area contributed by atoms with Crippen LogP contribution in [-0.2, 0) is 0 Å². The van der Waals surface area contributed by atoms with Crippen LogP contribution < -0.4 is 5.32 Å². The van der Waals surface area contributed by atoms with Crippen LogP contribution in [0.2, 0.25) is 5.02 Å². The molecule has 0 unspecified atom stereocenters. The third-order valence-corrected chi connectivity index (χ3v) is 3.63.